The molecule has 2 rings (SSSR count). The van der Waals surface area contributed by atoms with Gasteiger partial charge in [-0.2, -0.15) is 0 Å². The zero-order valence-corrected chi connectivity index (χ0v) is 12.8. The third kappa shape index (κ3) is 3.47. The fraction of sp³-hybridized carbons (Fsp3) is 0.929. The summed E-state index contributed by atoms with van der Waals surface area (Å²) in [5.74, 6) is 1.28. The summed E-state index contributed by atoms with van der Waals surface area (Å²) in [7, 11) is 0. The van der Waals surface area contributed by atoms with E-state index in [2.05, 4.69) is 27.8 Å². The summed E-state index contributed by atoms with van der Waals surface area (Å²) in [6, 6.07) is 0. The van der Waals surface area contributed by atoms with E-state index in [1.54, 1.807) is 0 Å². The maximum Gasteiger partial charge on any atom is 0.225 e. The summed E-state index contributed by atoms with van der Waals surface area (Å²) in [6.07, 6.45) is 5.90. The first-order valence-corrected chi connectivity index (χ1v) is 8.31. The average molecular weight is 318 g/mol. The Bertz CT molecular complexity index is 277. The van der Waals surface area contributed by atoms with E-state index in [4.69, 9.17) is 4.74 Å². The minimum Gasteiger partial charge on any atom is -0.377 e. The van der Waals surface area contributed by atoms with Crippen molar-refractivity contribution < 1.29 is 9.53 Å². The standard InChI is InChI=1S/C14H24BrNO2/c1-11-3-2-4-13(11)14(17)16-8-5-12(6-9-16)18-10-7-15/h11-13H,2-10H2,1H3. The molecule has 2 fully saturated rings. The molecule has 0 aromatic heterocycles. The molecule has 18 heavy (non-hydrogen) atoms. The van der Waals surface area contributed by atoms with Crippen LogP contribution in [0.2, 0.25) is 0 Å². The largest absolute Gasteiger partial charge is 0.377 e. The Hall–Kier alpha value is -0.0900. The Labute approximate surface area is 118 Å². The topological polar surface area (TPSA) is 29.5 Å². The van der Waals surface area contributed by atoms with Crippen molar-refractivity contribution >= 4 is 21.8 Å². The fourth-order valence-corrected chi connectivity index (χ4v) is 3.39. The normalized spacial score (nSPS) is 29.8. The maximum absolute atomic E-state index is 12.4. The molecule has 4 heteroatoms. The second kappa shape index (κ2) is 6.90. The van der Waals surface area contributed by atoms with Crippen molar-refractivity contribution in [1.29, 1.82) is 0 Å². The molecule has 0 radical (unpaired) electrons. The molecule has 1 saturated heterocycles. The van der Waals surface area contributed by atoms with Gasteiger partial charge in [0.25, 0.3) is 0 Å². The Morgan fingerprint density at radius 2 is 2.00 bits per heavy atom. The van der Waals surface area contributed by atoms with Gasteiger partial charge in [0, 0.05) is 24.3 Å². The highest BCUT2D eigenvalue weighted by Crippen LogP contribution is 2.33. The summed E-state index contributed by atoms with van der Waals surface area (Å²) in [5, 5.41) is 0.895. The van der Waals surface area contributed by atoms with Gasteiger partial charge in [-0.1, -0.05) is 29.3 Å². The van der Waals surface area contributed by atoms with Crippen molar-refractivity contribution in [1.82, 2.24) is 4.90 Å². The van der Waals surface area contributed by atoms with Crippen LogP contribution in [0.25, 0.3) is 0 Å². The van der Waals surface area contributed by atoms with E-state index in [-0.39, 0.29) is 0 Å². The van der Waals surface area contributed by atoms with Crippen LogP contribution in [0.3, 0.4) is 0 Å². The number of likely N-dealkylation sites (tertiary alicyclic amines) is 1. The van der Waals surface area contributed by atoms with E-state index < -0.39 is 0 Å². The quantitative estimate of drug-likeness (QED) is 0.746. The van der Waals surface area contributed by atoms with Crippen molar-refractivity contribution in [3.63, 3.8) is 0 Å². The van der Waals surface area contributed by atoms with Crippen LogP contribution in [0.5, 0.6) is 0 Å². The highest BCUT2D eigenvalue weighted by Gasteiger charge is 2.34. The summed E-state index contributed by atoms with van der Waals surface area (Å²) < 4.78 is 5.72. The summed E-state index contributed by atoms with van der Waals surface area (Å²) in [5.41, 5.74) is 0. The number of piperidine rings is 1. The van der Waals surface area contributed by atoms with Crippen LogP contribution in [0.4, 0.5) is 0 Å². The number of nitrogens with zero attached hydrogens (tertiary/aromatic N) is 1. The van der Waals surface area contributed by atoms with Gasteiger partial charge in [-0.05, 0) is 31.6 Å². The number of alkyl halides is 1. The van der Waals surface area contributed by atoms with E-state index in [0.29, 0.717) is 23.8 Å². The Morgan fingerprint density at radius 1 is 1.28 bits per heavy atom. The van der Waals surface area contributed by atoms with Crippen molar-refractivity contribution in [3.05, 3.63) is 0 Å². The first-order valence-electron chi connectivity index (χ1n) is 7.18. The number of carbonyl (C=O) groups excluding carboxylic acids is 1. The van der Waals surface area contributed by atoms with Gasteiger partial charge in [0.2, 0.25) is 5.91 Å². The summed E-state index contributed by atoms with van der Waals surface area (Å²) in [4.78, 5) is 14.5. The lowest BCUT2D eigenvalue weighted by Crippen LogP contribution is -2.44. The molecule has 0 bridgehead atoms. The molecule has 0 spiro atoms. The first-order chi connectivity index (χ1) is 8.72. The lowest BCUT2D eigenvalue weighted by Gasteiger charge is -2.34. The number of amides is 1. The van der Waals surface area contributed by atoms with Gasteiger partial charge >= 0.3 is 0 Å². The van der Waals surface area contributed by atoms with Crippen LogP contribution in [-0.2, 0) is 9.53 Å². The lowest BCUT2D eigenvalue weighted by molar-refractivity contribution is -0.139. The number of ether oxygens (including phenoxy) is 1. The van der Waals surface area contributed by atoms with E-state index in [9.17, 15) is 4.79 Å². The van der Waals surface area contributed by atoms with Gasteiger partial charge in [0.15, 0.2) is 0 Å². The number of rotatable bonds is 4. The molecule has 2 unspecified atom stereocenters. The lowest BCUT2D eigenvalue weighted by atomic mass is 9.95. The minimum atomic E-state index is 0.296. The van der Waals surface area contributed by atoms with Crippen molar-refractivity contribution in [3.8, 4) is 0 Å². The van der Waals surface area contributed by atoms with Gasteiger partial charge in [-0.15, -0.1) is 0 Å². The number of hydrogen-bond donors (Lipinski definition) is 0. The predicted octanol–water partition coefficient (Wildman–Crippen LogP) is 2.83. The number of halogens is 1. The third-order valence-corrected chi connectivity index (χ3v) is 4.69. The first kappa shape index (κ1) is 14.3. The Kier molecular flexibility index (Phi) is 5.49. The van der Waals surface area contributed by atoms with Crippen molar-refractivity contribution in [2.45, 2.75) is 45.1 Å². The molecule has 1 aliphatic carbocycles. The van der Waals surface area contributed by atoms with Gasteiger partial charge in [-0.25, -0.2) is 0 Å². The molecule has 2 atom stereocenters. The average Bonchev–Trinajstić information content (AvgIpc) is 2.82. The molecular formula is C14H24BrNO2. The molecule has 0 aromatic rings. The van der Waals surface area contributed by atoms with E-state index in [0.717, 1.165) is 44.3 Å². The smallest absolute Gasteiger partial charge is 0.225 e. The zero-order chi connectivity index (χ0) is 13.0. The minimum absolute atomic E-state index is 0.296. The highest BCUT2D eigenvalue weighted by molar-refractivity contribution is 9.09. The SMILES string of the molecule is CC1CCCC1C(=O)N1CCC(OCCBr)CC1. The summed E-state index contributed by atoms with van der Waals surface area (Å²) in [6.45, 7) is 4.77. The second-order valence-corrected chi connectivity index (χ2v) is 6.39. The molecule has 1 heterocycles. The second-order valence-electron chi connectivity index (χ2n) is 5.60. The van der Waals surface area contributed by atoms with Gasteiger partial charge in [0.05, 0.1) is 12.7 Å². The number of carbonyl (C=O) groups is 1. The van der Waals surface area contributed by atoms with Gasteiger partial charge in [0.1, 0.15) is 0 Å². The van der Waals surface area contributed by atoms with Gasteiger partial charge < -0.3 is 9.64 Å². The van der Waals surface area contributed by atoms with Gasteiger partial charge in [-0.3, -0.25) is 4.79 Å². The van der Waals surface area contributed by atoms with Crippen molar-refractivity contribution in [2.75, 3.05) is 25.0 Å². The van der Waals surface area contributed by atoms with E-state index in [1.165, 1.54) is 12.8 Å². The molecule has 1 aliphatic heterocycles. The predicted molar refractivity (Wildman–Crippen MR) is 75.9 cm³/mol. The Balaban J connectivity index is 1.77. The van der Waals surface area contributed by atoms with Crippen LogP contribution in [0.15, 0.2) is 0 Å². The third-order valence-electron chi connectivity index (χ3n) is 4.36. The van der Waals surface area contributed by atoms with Crippen LogP contribution in [-0.4, -0.2) is 41.9 Å². The van der Waals surface area contributed by atoms with Crippen LogP contribution < -0.4 is 0 Å². The molecule has 104 valence electrons. The molecule has 3 nitrogen and oxygen atoms in total. The van der Waals surface area contributed by atoms with Crippen LogP contribution in [0.1, 0.15) is 39.0 Å². The molecule has 2 aliphatic rings. The molecule has 0 N–H and O–H groups in total. The summed E-state index contributed by atoms with van der Waals surface area (Å²) >= 11 is 3.37. The fourth-order valence-electron chi connectivity index (χ4n) is 3.20. The highest BCUT2D eigenvalue weighted by atomic mass is 79.9. The van der Waals surface area contributed by atoms with Crippen molar-refractivity contribution in [2.24, 2.45) is 11.8 Å². The maximum atomic E-state index is 12.4. The molecule has 0 aromatic carbocycles. The molecule has 1 saturated carbocycles. The van der Waals surface area contributed by atoms with Crippen LogP contribution in [0, 0.1) is 11.8 Å². The monoisotopic (exact) mass is 317 g/mol. The van der Waals surface area contributed by atoms with Crippen LogP contribution >= 0.6 is 15.9 Å². The molecular weight excluding hydrogens is 294 g/mol. The Morgan fingerprint density at radius 3 is 2.56 bits per heavy atom. The molecule has 1 amide bonds. The van der Waals surface area contributed by atoms with E-state index >= 15 is 0 Å². The van der Waals surface area contributed by atoms with E-state index in [1.807, 2.05) is 0 Å². The number of hydrogen-bond acceptors (Lipinski definition) is 2. The zero-order valence-electron chi connectivity index (χ0n) is 11.2.